The molecule has 6 heteroatoms. The number of imidazole rings is 1. The Balaban J connectivity index is 2.11. The number of rotatable bonds is 4. The van der Waals surface area contributed by atoms with Crippen molar-refractivity contribution in [3.63, 3.8) is 0 Å². The summed E-state index contributed by atoms with van der Waals surface area (Å²) in [4.78, 5) is 17.2. The zero-order valence-corrected chi connectivity index (χ0v) is 9.30. The molecule has 0 unspecified atom stereocenters. The predicted octanol–water partition coefficient (Wildman–Crippen LogP) is 2.24. The van der Waals surface area contributed by atoms with Crippen LogP contribution in [0.5, 0.6) is 0 Å². The number of aromatic amines is 1. The molecule has 1 heterocycles. The van der Waals surface area contributed by atoms with Gasteiger partial charge in [0.05, 0.1) is 23.5 Å². The molecule has 2 N–H and O–H groups in total. The van der Waals surface area contributed by atoms with Gasteiger partial charge in [0.2, 0.25) is 0 Å². The Morgan fingerprint density at radius 2 is 2.35 bits per heavy atom. The van der Waals surface area contributed by atoms with Crippen molar-refractivity contribution in [2.45, 2.75) is 13.5 Å². The van der Waals surface area contributed by atoms with Crippen LogP contribution in [-0.2, 0) is 6.54 Å². The lowest BCUT2D eigenvalue weighted by atomic mass is 10.2. The first-order valence-electron chi connectivity index (χ1n) is 5.13. The Hall–Kier alpha value is -2.37. The molecule has 0 atom stereocenters. The molecule has 0 aliphatic rings. The van der Waals surface area contributed by atoms with Crippen LogP contribution in [0.25, 0.3) is 0 Å². The third kappa shape index (κ3) is 2.60. The topological polar surface area (TPSA) is 83.8 Å². The van der Waals surface area contributed by atoms with Gasteiger partial charge >= 0.3 is 0 Å². The summed E-state index contributed by atoms with van der Waals surface area (Å²) in [5, 5.41) is 13.9. The smallest absolute Gasteiger partial charge is 0.274 e. The van der Waals surface area contributed by atoms with Crippen molar-refractivity contribution >= 4 is 11.4 Å². The van der Waals surface area contributed by atoms with Gasteiger partial charge in [0.1, 0.15) is 0 Å². The number of aryl methyl sites for hydroxylation is 1. The number of nitro groups is 1. The van der Waals surface area contributed by atoms with Crippen LogP contribution in [0.1, 0.15) is 11.3 Å². The summed E-state index contributed by atoms with van der Waals surface area (Å²) >= 11 is 0. The maximum atomic E-state index is 10.8. The highest BCUT2D eigenvalue weighted by Gasteiger charge is 2.10. The quantitative estimate of drug-likeness (QED) is 0.625. The number of anilines is 1. The molecule has 0 aliphatic heterocycles. The molecule has 6 nitrogen and oxygen atoms in total. The van der Waals surface area contributed by atoms with Gasteiger partial charge in [0.15, 0.2) is 0 Å². The second-order valence-electron chi connectivity index (χ2n) is 3.69. The van der Waals surface area contributed by atoms with Gasteiger partial charge in [-0.15, -0.1) is 0 Å². The molecule has 0 amide bonds. The first kappa shape index (κ1) is 11.1. The Morgan fingerprint density at radius 3 is 3.00 bits per heavy atom. The molecule has 0 bridgehead atoms. The van der Waals surface area contributed by atoms with E-state index < -0.39 is 0 Å². The van der Waals surface area contributed by atoms with Crippen LogP contribution in [0.15, 0.2) is 30.7 Å². The standard InChI is InChI=1S/C11H12N4O2/c1-8-2-3-9(4-11(8)15(16)17)13-6-10-5-12-7-14-10/h2-5,7,13H,6H2,1H3,(H,12,14). The summed E-state index contributed by atoms with van der Waals surface area (Å²) in [5.74, 6) is 0. The molecule has 0 aliphatic carbocycles. The van der Waals surface area contributed by atoms with Crippen molar-refractivity contribution in [1.82, 2.24) is 9.97 Å². The Kier molecular flexibility index (Phi) is 3.04. The minimum atomic E-state index is -0.378. The number of hydrogen-bond acceptors (Lipinski definition) is 4. The second-order valence-corrected chi connectivity index (χ2v) is 3.69. The van der Waals surface area contributed by atoms with Crippen LogP contribution in [0.4, 0.5) is 11.4 Å². The van der Waals surface area contributed by atoms with Gasteiger partial charge in [0, 0.05) is 23.5 Å². The lowest BCUT2D eigenvalue weighted by molar-refractivity contribution is -0.385. The molecule has 0 fully saturated rings. The van der Waals surface area contributed by atoms with Gasteiger partial charge in [-0.1, -0.05) is 6.07 Å². The van der Waals surface area contributed by atoms with E-state index >= 15 is 0 Å². The summed E-state index contributed by atoms with van der Waals surface area (Å²) in [6, 6.07) is 5.08. The number of nitrogens with zero attached hydrogens (tertiary/aromatic N) is 2. The van der Waals surface area contributed by atoms with Crippen molar-refractivity contribution in [2.75, 3.05) is 5.32 Å². The molecular formula is C11H12N4O2. The van der Waals surface area contributed by atoms with Gasteiger partial charge in [-0.3, -0.25) is 10.1 Å². The van der Waals surface area contributed by atoms with Crippen molar-refractivity contribution in [3.8, 4) is 0 Å². The van der Waals surface area contributed by atoms with Gasteiger partial charge < -0.3 is 10.3 Å². The van der Waals surface area contributed by atoms with Gasteiger partial charge in [-0.25, -0.2) is 4.98 Å². The number of nitrogens with one attached hydrogen (secondary N) is 2. The molecule has 0 spiro atoms. The summed E-state index contributed by atoms with van der Waals surface area (Å²) in [6.07, 6.45) is 3.30. The predicted molar refractivity (Wildman–Crippen MR) is 63.7 cm³/mol. The summed E-state index contributed by atoms with van der Waals surface area (Å²) < 4.78 is 0. The number of H-pyrrole nitrogens is 1. The van der Waals surface area contributed by atoms with Crippen molar-refractivity contribution < 1.29 is 4.92 Å². The maximum Gasteiger partial charge on any atom is 0.274 e. The van der Waals surface area contributed by atoms with E-state index in [0.29, 0.717) is 12.1 Å². The Morgan fingerprint density at radius 1 is 1.53 bits per heavy atom. The molecule has 1 aromatic heterocycles. The van der Waals surface area contributed by atoms with E-state index in [4.69, 9.17) is 0 Å². The van der Waals surface area contributed by atoms with Crippen molar-refractivity contribution in [3.05, 3.63) is 52.1 Å². The zero-order valence-electron chi connectivity index (χ0n) is 9.30. The lowest BCUT2D eigenvalue weighted by Gasteiger charge is -2.05. The molecule has 1 aromatic carbocycles. The van der Waals surface area contributed by atoms with Gasteiger partial charge in [-0.05, 0) is 13.0 Å². The van der Waals surface area contributed by atoms with E-state index in [2.05, 4.69) is 15.3 Å². The maximum absolute atomic E-state index is 10.8. The fourth-order valence-electron chi connectivity index (χ4n) is 1.49. The molecule has 0 saturated heterocycles. The van der Waals surface area contributed by atoms with Crippen molar-refractivity contribution in [2.24, 2.45) is 0 Å². The van der Waals surface area contributed by atoms with Crippen LogP contribution < -0.4 is 5.32 Å². The SMILES string of the molecule is Cc1ccc(NCc2cnc[nH]2)cc1[N+](=O)[O-]. The molecule has 17 heavy (non-hydrogen) atoms. The number of benzene rings is 1. The average Bonchev–Trinajstić information content (AvgIpc) is 2.80. The molecule has 88 valence electrons. The van der Waals surface area contributed by atoms with Gasteiger partial charge in [-0.2, -0.15) is 0 Å². The highest BCUT2D eigenvalue weighted by molar-refractivity contribution is 5.54. The fraction of sp³-hybridized carbons (Fsp3) is 0.182. The lowest BCUT2D eigenvalue weighted by Crippen LogP contribution is -2.01. The van der Waals surface area contributed by atoms with E-state index in [1.54, 1.807) is 25.5 Å². The van der Waals surface area contributed by atoms with E-state index in [0.717, 1.165) is 11.4 Å². The largest absolute Gasteiger partial charge is 0.379 e. The highest BCUT2D eigenvalue weighted by atomic mass is 16.6. The van der Waals surface area contributed by atoms with Crippen LogP contribution in [0.3, 0.4) is 0 Å². The van der Waals surface area contributed by atoms with E-state index in [-0.39, 0.29) is 10.6 Å². The zero-order chi connectivity index (χ0) is 12.3. The summed E-state index contributed by atoms with van der Waals surface area (Å²) in [6.45, 7) is 2.27. The van der Waals surface area contributed by atoms with Crippen LogP contribution in [0.2, 0.25) is 0 Å². The number of aromatic nitrogens is 2. The monoisotopic (exact) mass is 232 g/mol. The molecule has 0 radical (unpaired) electrons. The van der Waals surface area contributed by atoms with E-state index in [9.17, 15) is 10.1 Å². The summed E-state index contributed by atoms with van der Waals surface area (Å²) in [5.41, 5.74) is 2.42. The molecule has 0 saturated carbocycles. The van der Waals surface area contributed by atoms with Crippen LogP contribution in [-0.4, -0.2) is 14.9 Å². The third-order valence-electron chi connectivity index (χ3n) is 2.44. The van der Waals surface area contributed by atoms with E-state index in [1.165, 1.54) is 6.07 Å². The van der Waals surface area contributed by atoms with Crippen LogP contribution >= 0.6 is 0 Å². The Labute approximate surface area is 97.9 Å². The molecule has 2 aromatic rings. The highest BCUT2D eigenvalue weighted by Crippen LogP contribution is 2.22. The molecular weight excluding hydrogens is 220 g/mol. The van der Waals surface area contributed by atoms with Crippen molar-refractivity contribution in [1.29, 1.82) is 0 Å². The first-order chi connectivity index (χ1) is 8.16. The summed E-state index contributed by atoms with van der Waals surface area (Å²) in [7, 11) is 0. The first-order valence-corrected chi connectivity index (χ1v) is 5.13. The Bertz CT molecular complexity index is 522. The minimum Gasteiger partial charge on any atom is -0.379 e. The molecule has 2 rings (SSSR count). The minimum absolute atomic E-state index is 0.125. The van der Waals surface area contributed by atoms with Gasteiger partial charge in [0.25, 0.3) is 5.69 Å². The normalized spacial score (nSPS) is 10.2. The number of hydrogen-bond donors (Lipinski definition) is 2. The second kappa shape index (κ2) is 4.65. The average molecular weight is 232 g/mol. The van der Waals surface area contributed by atoms with Crippen LogP contribution in [0, 0.1) is 17.0 Å². The number of nitro benzene ring substituents is 1. The third-order valence-corrected chi connectivity index (χ3v) is 2.44. The fourth-order valence-corrected chi connectivity index (χ4v) is 1.49. The van der Waals surface area contributed by atoms with E-state index in [1.807, 2.05) is 6.07 Å².